The molecule has 0 saturated carbocycles. The molecule has 2 aromatic rings. The zero-order valence-electron chi connectivity index (χ0n) is 12.0. The van der Waals surface area contributed by atoms with E-state index in [2.05, 4.69) is 21.6 Å². The quantitative estimate of drug-likeness (QED) is 0.889. The third-order valence-electron chi connectivity index (χ3n) is 3.30. The predicted octanol–water partition coefficient (Wildman–Crippen LogP) is 2.81. The molecule has 1 aliphatic rings. The van der Waals surface area contributed by atoms with Crippen LogP contribution in [-0.2, 0) is 9.47 Å². The highest BCUT2D eigenvalue weighted by Crippen LogP contribution is 2.21. The van der Waals surface area contributed by atoms with E-state index in [4.69, 9.17) is 9.47 Å². The van der Waals surface area contributed by atoms with Crippen molar-refractivity contribution in [3.8, 4) is 11.4 Å². The second kappa shape index (κ2) is 6.98. The first-order valence-corrected chi connectivity index (χ1v) is 7.93. The normalized spacial score (nSPS) is 19.6. The van der Waals surface area contributed by atoms with Gasteiger partial charge >= 0.3 is 0 Å². The topological polar surface area (TPSA) is 56.3 Å². The van der Waals surface area contributed by atoms with Crippen LogP contribution in [0.3, 0.4) is 0 Å². The summed E-state index contributed by atoms with van der Waals surface area (Å²) in [6.45, 7) is 4.25. The minimum Gasteiger partial charge on any atom is -0.379 e. The number of nitrogens with one attached hydrogen (secondary N) is 1. The first-order chi connectivity index (χ1) is 10.3. The number of hydrogen-bond acceptors (Lipinski definition) is 6. The number of nitrogens with zero attached hydrogens (tertiary/aromatic N) is 2. The molecule has 2 heterocycles. The van der Waals surface area contributed by atoms with Crippen LogP contribution in [0.4, 0.5) is 5.13 Å². The van der Waals surface area contributed by atoms with Crippen molar-refractivity contribution in [1.29, 1.82) is 0 Å². The number of aromatic nitrogens is 2. The Labute approximate surface area is 128 Å². The molecule has 1 N–H and O–H groups in total. The number of rotatable bonds is 6. The van der Waals surface area contributed by atoms with Crippen LogP contribution in [0, 0.1) is 0 Å². The second-order valence-electron chi connectivity index (χ2n) is 5.15. The van der Waals surface area contributed by atoms with Crippen molar-refractivity contribution in [3.05, 3.63) is 30.3 Å². The van der Waals surface area contributed by atoms with E-state index >= 15 is 0 Å². The highest BCUT2D eigenvalue weighted by molar-refractivity contribution is 7.09. The van der Waals surface area contributed by atoms with Gasteiger partial charge in [-0.3, -0.25) is 0 Å². The van der Waals surface area contributed by atoms with Gasteiger partial charge in [0.15, 0.2) is 5.82 Å². The Morgan fingerprint density at radius 2 is 2.29 bits per heavy atom. The lowest BCUT2D eigenvalue weighted by atomic mass is 10.2. The smallest absolute Gasteiger partial charge is 0.203 e. The van der Waals surface area contributed by atoms with Gasteiger partial charge in [-0.25, -0.2) is 0 Å². The van der Waals surface area contributed by atoms with Gasteiger partial charge in [-0.05, 0) is 13.3 Å². The molecule has 0 bridgehead atoms. The molecule has 1 aromatic carbocycles. The summed E-state index contributed by atoms with van der Waals surface area (Å²) in [6, 6.07) is 10.2. The lowest BCUT2D eigenvalue weighted by Gasteiger charge is -2.15. The van der Waals surface area contributed by atoms with Crippen molar-refractivity contribution < 1.29 is 9.47 Å². The molecule has 3 rings (SSSR count). The zero-order chi connectivity index (χ0) is 14.5. The molecule has 2 atom stereocenters. The van der Waals surface area contributed by atoms with Crippen molar-refractivity contribution in [2.45, 2.75) is 25.5 Å². The fraction of sp³-hybridized carbons (Fsp3) is 0.467. The van der Waals surface area contributed by atoms with Crippen LogP contribution in [-0.4, -0.2) is 41.3 Å². The van der Waals surface area contributed by atoms with Gasteiger partial charge in [-0.1, -0.05) is 30.3 Å². The Morgan fingerprint density at radius 1 is 1.43 bits per heavy atom. The third kappa shape index (κ3) is 4.00. The van der Waals surface area contributed by atoms with E-state index in [9.17, 15) is 0 Å². The molecule has 5 nitrogen and oxygen atoms in total. The van der Waals surface area contributed by atoms with E-state index in [0.29, 0.717) is 13.2 Å². The summed E-state index contributed by atoms with van der Waals surface area (Å²) in [5.41, 5.74) is 1.04. The van der Waals surface area contributed by atoms with Gasteiger partial charge in [-0.2, -0.15) is 9.36 Å². The van der Waals surface area contributed by atoms with Gasteiger partial charge in [0.1, 0.15) is 0 Å². The summed E-state index contributed by atoms with van der Waals surface area (Å²) >= 11 is 1.38. The lowest BCUT2D eigenvalue weighted by molar-refractivity contribution is 0.0395. The minimum atomic E-state index is 0.196. The summed E-state index contributed by atoms with van der Waals surface area (Å²) in [4.78, 5) is 4.52. The SMILES string of the molecule is CC(COC1CCOC1)Nc1nc(-c2ccccc2)ns1. The predicted molar refractivity (Wildman–Crippen MR) is 83.6 cm³/mol. The van der Waals surface area contributed by atoms with Crippen LogP contribution in [0.1, 0.15) is 13.3 Å². The minimum absolute atomic E-state index is 0.196. The molecule has 0 amide bonds. The van der Waals surface area contributed by atoms with Crippen LogP contribution < -0.4 is 5.32 Å². The molecule has 0 radical (unpaired) electrons. The molecule has 2 unspecified atom stereocenters. The van der Waals surface area contributed by atoms with Gasteiger partial charge in [0.25, 0.3) is 0 Å². The molecular weight excluding hydrogens is 286 g/mol. The summed E-state index contributed by atoms with van der Waals surface area (Å²) < 4.78 is 15.5. The molecule has 1 aromatic heterocycles. The molecule has 1 saturated heterocycles. The average Bonchev–Trinajstić information content (AvgIpc) is 3.17. The summed E-state index contributed by atoms with van der Waals surface area (Å²) in [7, 11) is 0. The van der Waals surface area contributed by atoms with E-state index < -0.39 is 0 Å². The maximum atomic E-state index is 5.80. The Bertz CT molecular complexity index is 555. The maximum Gasteiger partial charge on any atom is 0.203 e. The van der Waals surface area contributed by atoms with Gasteiger partial charge in [0, 0.05) is 29.7 Å². The first kappa shape index (κ1) is 14.4. The Kier molecular flexibility index (Phi) is 4.80. The number of hydrogen-bond donors (Lipinski definition) is 1. The standard InChI is InChI=1S/C15H19N3O2S/c1-11(9-20-13-7-8-19-10-13)16-15-17-14(18-21-15)12-5-3-2-4-6-12/h2-6,11,13H,7-10H2,1H3,(H,16,17,18). The molecular formula is C15H19N3O2S. The molecule has 1 aliphatic heterocycles. The van der Waals surface area contributed by atoms with Crippen molar-refractivity contribution >= 4 is 16.7 Å². The van der Waals surface area contributed by atoms with E-state index in [0.717, 1.165) is 29.5 Å². The highest BCUT2D eigenvalue weighted by Gasteiger charge is 2.17. The molecule has 0 aliphatic carbocycles. The van der Waals surface area contributed by atoms with Crippen molar-refractivity contribution in [1.82, 2.24) is 9.36 Å². The van der Waals surface area contributed by atoms with E-state index in [1.807, 2.05) is 30.3 Å². The monoisotopic (exact) mass is 305 g/mol. The highest BCUT2D eigenvalue weighted by atomic mass is 32.1. The van der Waals surface area contributed by atoms with Crippen LogP contribution in [0.5, 0.6) is 0 Å². The summed E-state index contributed by atoms with van der Waals surface area (Å²) in [6.07, 6.45) is 1.23. The van der Waals surface area contributed by atoms with Crippen molar-refractivity contribution in [2.24, 2.45) is 0 Å². The molecule has 0 spiro atoms. The Hall–Kier alpha value is -1.50. The number of ether oxygens (including phenoxy) is 2. The first-order valence-electron chi connectivity index (χ1n) is 7.16. The Morgan fingerprint density at radius 3 is 3.05 bits per heavy atom. The second-order valence-corrected chi connectivity index (χ2v) is 5.91. The van der Waals surface area contributed by atoms with Crippen LogP contribution in [0.2, 0.25) is 0 Å². The van der Waals surface area contributed by atoms with Crippen molar-refractivity contribution in [2.75, 3.05) is 25.1 Å². The fourth-order valence-corrected chi connectivity index (χ4v) is 2.86. The number of anilines is 1. The molecule has 112 valence electrons. The van der Waals surface area contributed by atoms with E-state index in [1.54, 1.807) is 0 Å². The number of benzene rings is 1. The molecule has 6 heteroatoms. The van der Waals surface area contributed by atoms with Gasteiger partial charge in [0.05, 0.1) is 19.3 Å². The van der Waals surface area contributed by atoms with Crippen LogP contribution in [0.15, 0.2) is 30.3 Å². The van der Waals surface area contributed by atoms with Gasteiger partial charge in [0.2, 0.25) is 5.13 Å². The Balaban J connectivity index is 1.52. The largest absolute Gasteiger partial charge is 0.379 e. The van der Waals surface area contributed by atoms with Gasteiger partial charge < -0.3 is 14.8 Å². The van der Waals surface area contributed by atoms with Crippen molar-refractivity contribution in [3.63, 3.8) is 0 Å². The molecule has 21 heavy (non-hydrogen) atoms. The van der Waals surface area contributed by atoms with E-state index in [-0.39, 0.29) is 12.1 Å². The zero-order valence-corrected chi connectivity index (χ0v) is 12.8. The van der Waals surface area contributed by atoms with Crippen LogP contribution >= 0.6 is 11.5 Å². The van der Waals surface area contributed by atoms with Crippen LogP contribution in [0.25, 0.3) is 11.4 Å². The summed E-state index contributed by atoms with van der Waals surface area (Å²) in [5, 5.41) is 4.16. The maximum absolute atomic E-state index is 5.80. The fourth-order valence-electron chi connectivity index (χ4n) is 2.16. The lowest BCUT2D eigenvalue weighted by Crippen LogP contribution is -2.25. The average molecular weight is 305 g/mol. The third-order valence-corrected chi connectivity index (χ3v) is 3.94. The summed E-state index contributed by atoms with van der Waals surface area (Å²) in [5.74, 6) is 0.764. The molecule has 1 fully saturated rings. The van der Waals surface area contributed by atoms with E-state index in [1.165, 1.54) is 11.5 Å². The van der Waals surface area contributed by atoms with Gasteiger partial charge in [-0.15, -0.1) is 0 Å².